The van der Waals surface area contributed by atoms with Gasteiger partial charge >= 0.3 is 0 Å². The Kier molecular flexibility index (Phi) is 7.83. The van der Waals surface area contributed by atoms with Crippen molar-refractivity contribution in [2.45, 2.75) is 38.6 Å². The average Bonchev–Trinajstić information content (AvgIpc) is 2.28. The van der Waals surface area contributed by atoms with Gasteiger partial charge in [0.2, 0.25) is 5.91 Å². The second kappa shape index (κ2) is 8.70. The molecule has 0 rings (SSSR count). The van der Waals surface area contributed by atoms with Gasteiger partial charge in [-0.15, -0.1) is 0 Å². The number of carbonyl (C=O) groups is 1. The van der Waals surface area contributed by atoms with Crippen molar-refractivity contribution in [3.63, 3.8) is 0 Å². The molecular formula is C11H18N4O. The Morgan fingerprint density at radius 1 is 1.31 bits per heavy atom. The number of carbonyl (C=O) groups excluding carboxylic acids is 1. The van der Waals surface area contributed by atoms with E-state index in [0.717, 1.165) is 6.42 Å². The fourth-order valence-corrected chi connectivity index (χ4v) is 1.23. The Balaban J connectivity index is 4.21. The lowest BCUT2D eigenvalue weighted by Gasteiger charge is -2.21. The van der Waals surface area contributed by atoms with Crippen LogP contribution >= 0.6 is 0 Å². The highest BCUT2D eigenvalue weighted by atomic mass is 16.2. The number of amides is 1. The third-order valence-corrected chi connectivity index (χ3v) is 2.30. The number of nitriles is 2. The molecule has 5 nitrogen and oxygen atoms in total. The van der Waals surface area contributed by atoms with Crippen LogP contribution in [0.2, 0.25) is 0 Å². The molecule has 0 aromatic rings. The molecule has 0 bridgehead atoms. The van der Waals surface area contributed by atoms with Gasteiger partial charge in [0.25, 0.3) is 0 Å². The molecule has 5 heteroatoms. The summed E-state index contributed by atoms with van der Waals surface area (Å²) in [5, 5.41) is 16.9. The van der Waals surface area contributed by atoms with Gasteiger partial charge in [0.15, 0.2) is 0 Å². The van der Waals surface area contributed by atoms with Gasteiger partial charge in [-0.2, -0.15) is 10.5 Å². The highest BCUT2D eigenvalue weighted by Crippen LogP contribution is 2.02. The Labute approximate surface area is 96.4 Å². The van der Waals surface area contributed by atoms with Gasteiger partial charge < -0.3 is 10.6 Å². The van der Waals surface area contributed by atoms with E-state index < -0.39 is 0 Å². The summed E-state index contributed by atoms with van der Waals surface area (Å²) in [7, 11) is 0. The van der Waals surface area contributed by atoms with Crippen molar-refractivity contribution in [3.05, 3.63) is 0 Å². The van der Waals surface area contributed by atoms with E-state index in [1.54, 1.807) is 4.90 Å². The molecule has 0 radical (unpaired) electrons. The van der Waals surface area contributed by atoms with Crippen molar-refractivity contribution in [2.24, 2.45) is 5.73 Å². The first-order valence-corrected chi connectivity index (χ1v) is 5.42. The molecule has 0 aliphatic heterocycles. The zero-order valence-corrected chi connectivity index (χ0v) is 9.65. The smallest absolute Gasteiger partial charge is 0.224 e. The minimum Gasteiger partial charge on any atom is -0.341 e. The monoisotopic (exact) mass is 222 g/mol. The largest absolute Gasteiger partial charge is 0.341 e. The van der Waals surface area contributed by atoms with Gasteiger partial charge in [0, 0.05) is 25.6 Å². The van der Waals surface area contributed by atoms with Crippen LogP contribution in [-0.4, -0.2) is 29.9 Å². The van der Waals surface area contributed by atoms with Crippen molar-refractivity contribution >= 4 is 5.91 Å². The zero-order valence-electron chi connectivity index (χ0n) is 9.65. The molecular weight excluding hydrogens is 204 g/mol. The summed E-state index contributed by atoms with van der Waals surface area (Å²) in [4.78, 5) is 13.3. The Hall–Kier alpha value is -1.59. The lowest BCUT2D eigenvalue weighted by Crippen LogP contribution is -2.36. The highest BCUT2D eigenvalue weighted by molar-refractivity contribution is 5.76. The first-order chi connectivity index (χ1) is 7.65. The standard InChI is InChI=1S/C11H18N4O/c1-2-10(14)9-11(16)15(7-3-5-12)8-4-6-13/h10H,2-4,7-9,14H2,1H3. The maximum absolute atomic E-state index is 11.8. The summed E-state index contributed by atoms with van der Waals surface area (Å²) < 4.78 is 0. The molecule has 1 unspecified atom stereocenters. The number of hydrogen-bond acceptors (Lipinski definition) is 4. The maximum Gasteiger partial charge on any atom is 0.224 e. The Bertz CT molecular complexity index is 271. The van der Waals surface area contributed by atoms with Crippen LogP contribution in [-0.2, 0) is 4.79 Å². The minimum atomic E-state index is -0.140. The van der Waals surface area contributed by atoms with Crippen LogP contribution in [0.5, 0.6) is 0 Å². The van der Waals surface area contributed by atoms with Gasteiger partial charge in [-0.1, -0.05) is 6.92 Å². The van der Waals surface area contributed by atoms with Crippen LogP contribution in [0.15, 0.2) is 0 Å². The molecule has 1 amide bonds. The summed E-state index contributed by atoms with van der Waals surface area (Å²) in [6.07, 6.45) is 1.61. The second-order valence-corrected chi connectivity index (χ2v) is 3.57. The lowest BCUT2D eigenvalue weighted by molar-refractivity contribution is -0.131. The van der Waals surface area contributed by atoms with E-state index in [2.05, 4.69) is 0 Å². The molecule has 0 heterocycles. The fourth-order valence-electron chi connectivity index (χ4n) is 1.23. The van der Waals surface area contributed by atoms with E-state index in [0.29, 0.717) is 25.9 Å². The third kappa shape index (κ3) is 6.00. The van der Waals surface area contributed by atoms with Crippen molar-refractivity contribution < 1.29 is 4.79 Å². The van der Waals surface area contributed by atoms with Crippen LogP contribution in [0, 0.1) is 22.7 Å². The van der Waals surface area contributed by atoms with Crippen molar-refractivity contribution in [2.75, 3.05) is 13.1 Å². The van der Waals surface area contributed by atoms with E-state index in [9.17, 15) is 4.79 Å². The van der Waals surface area contributed by atoms with Crippen LogP contribution in [0.25, 0.3) is 0 Å². The molecule has 0 aromatic heterocycles. The maximum atomic E-state index is 11.8. The Morgan fingerprint density at radius 2 is 1.81 bits per heavy atom. The molecule has 0 fully saturated rings. The van der Waals surface area contributed by atoms with Crippen LogP contribution in [0.3, 0.4) is 0 Å². The molecule has 0 saturated heterocycles. The summed E-state index contributed by atoms with van der Waals surface area (Å²) in [5.41, 5.74) is 5.69. The summed E-state index contributed by atoms with van der Waals surface area (Å²) in [6, 6.07) is 3.84. The number of hydrogen-bond donors (Lipinski definition) is 1. The summed E-state index contributed by atoms with van der Waals surface area (Å²) >= 11 is 0. The molecule has 0 aliphatic rings. The average molecular weight is 222 g/mol. The Morgan fingerprint density at radius 3 is 2.19 bits per heavy atom. The van der Waals surface area contributed by atoms with Crippen LogP contribution < -0.4 is 5.73 Å². The number of nitrogens with zero attached hydrogens (tertiary/aromatic N) is 3. The van der Waals surface area contributed by atoms with Gasteiger partial charge in [-0.05, 0) is 6.42 Å². The first-order valence-electron chi connectivity index (χ1n) is 5.42. The molecule has 1 atom stereocenters. The molecule has 0 saturated carbocycles. The van der Waals surface area contributed by atoms with E-state index in [1.807, 2.05) is 19.1 Å². The molecule has 0 spiro atoms. The lowest BCUT2D eigenvalue weighted by atomic mass is 10.1. The highest BCUT2D eigenvalue weighted by Gasteiger charge is 2.15. The van der Waals surface area contributed by atoms with Gasteiger partial charge in [0.1, 0.15) is 0 Å². The van der Waals surface area contributed by atoms with E-state index >= 15 is 0 Å². The minimum absolute atomic E-state index is 0.0696. The van der Waals surface area contributed by atoms with E-state index in [-0.39, 0.29) is 18.4 Å². The van der Waals surface area contributed by atoms with Crippen molar-refractivity contribution in [3.8, 4) is 12.1 Å². The SMILES string of the molecule is CCC(N)CC(=O)N(CCC#N)CCC#N. The van der Waals surface area contributed by atoms with E-state index in [1.165, 1.54) is 0 Å². The number of rotatable bonds is 7. The summed E-state index contributed by atoms with van der Waals surface area (Å²) in [6.45, 7) is 2.69. The zero-order chi connectivity index (χ0) is 12.4. The second-order valence-electron chi connectivity index (χ2n) is 3.57. The van der Waals surface area contributed by atoms with Crippen molar-refractivity contribution in [1.29, 1.82) is 10.5 Å². The number of nitrogens with two attached hydrogens (primary N) is 1. The summed E-state index contributed by atoms with van der Waals surface area (Å²) in [5.74, 6) is -0.0696. The fraction of sp³-hybridized carbons (Fsp3) is 0.727. The van der Waals surface area contributed by atoms with Gasteiger partial charge in [0.05, 0.1) is 25.0 Å². The first kappa shape index (κ1) is 14.4. The quantitative estimate of drug-likeness (QED) is 0.688. The predicted octanol–water partition coefficient (Wildman–Crippen LogP) is 0.770. The third-order valence-electron chi connectivity index (χ3n) is 2.30. The van der Waals surface area contributed by atoms with Gasteiger partial charge in [-0.25, -0.2) is 0 Å². The molecule has 88 valence electrons. The normalized spacial score (nSPS) is 11.2. The van der Waals surface area contributed by atoms with E-state index in [4.69, 9.17) is 16.3 Å². The molecule has 16 heavy (non-hydrogen) atoms. The predicted molar refractivity (Wildman–Crippen MR) is 59.9 cm³/mol. The van der Waals surface area contributed by atoms with Gasteiger partial charge in [-0.3, -0.25) is 4.79 Å². The van der Waals surface area contributed by atoms with Crippen LogP contribution in [0.1, 0.15) is 32.6 Å². The molecule has 2 N–H and O–H groups in total. The molecule has 0 aromatic carbocycles. The van der Waals surface area contributed by atoms with Crippen molar-refractivity contribution in [1.82, 2.24) is 4.90 Å². The topological polar surface area (TPSA) is 93.9 Å². The molecule has 0 aliphatic carbocycles. The van der Waals surface area contributed by atoms with Crippen LogP contribution in [0.4, 0.5) is 0 Å².